The molecule has 1 aromatic heterocycles. The van der Waals surface area contributed by atoms with Crippen LogP contribution in [0.25, 0.3) is 0 Å². The summed E-state index contributed by atoms with van der Waals surface area (Å²) >= 11 is 2.89. The number of amides is 1. The van der Waals surface area contributed by atoms with Crippen molar-refractivity contribution in [2.45, 2.75) is 18.8 Å². The lowest BCUT2D eigenvalue weighted by Crippen LogP contribution is -2.45. The lowest BCUT2D eigenvalue weighted by atomic mass is 9.90. The van der Waals surface area contributed by atoms with Gasteiger partial charge < -0.3 is 15.8 Å². The molecule has 1 atom stereocenters. The summed E-state index contributed by atoms with van der Waals surface area (Å²) in [6.45, 7) is -3.79. The highest BCUT2D eigenvalue weighted by molar-refractivity contribution is 9.10. The molecule has 148 valence electrons. The first-order valence-corrected chi connectivity index (χ1v) is 8.56. The van der Waals surface area contributed by atoms with Crippen molar-refractivity contribution in [3.05, 3.63) is 57.5 Å². The number of nitrogens with one attached hydrogen (secondary N) is 1. The Labute approximate surface area is 174 Å². The number of nitrogens with zero attached hydrogens (tertiary/aromatic N) is 2. The molecule has 0 spiro atoms. The van der Waals surface area contributed by atoms with Crippen molar-refractivity contribution in [1.29, 1.82) is 0 Å². The monoisotopic (exact) mass is 461 g/mol. The van der Waals surface area contributed by atoms with Crippen molar-refractivity contribution in [3.8, 4) is 0 Å². The van der Waals surface area contributed by atoms with Crippen LogP contribution in [-0.4, -0.2) is 36.4 Å². The van der Waals surface area contributed by atoms with Gasteiger partial charge in [0.15, 0.2) is 5.54 Å². The zero-order valence-electron chi connectivity index (χ0n) is 19.0. The average molecular weight is 462 g/mol. The molecule has 1 aliphatic heterocycles. The van der Waals surface area contributed by atoms with Crippen LogP contribution >= 0.6 is 15.9 Å². The van der Waals surface area contributed by atoms with Gasteiger partial charge in [0, 0.05) is 26.0 Å². The fourth-order valence-electron chi connectivity index (χ4n) is 2.65. The number of aromatic nitrogens is 1. The van der Waals surface area contributed by atoms with Crippen LogP contribution in [-0.2, 0) is 10.3 Å². The van der Waals surface area contributed by atoms with E-state index in [4.69, 9.17) is 17.3 Å². The van der Waals surface area contributed by atoms with Crippen LogP contribution in [0.3, 0.4) is 0 Å². The third-order valence-corrected chi connectivity index (χ3v) is 4.29. The normalized spacial score (nSPS) is 22.5. The zero-order chi connectivity index (χ0) is 24.7. The number of pyridine rings is 1. The third-order valence-electron chi connectivity index (χ3n) is 3.92. The first kappa shape index (κ1) is 14.5. The summed E-state index contributed by atoms with van der Waals surface area (Å²) in [7, 11) is 0. The molecule has 1 amide bonds. The van der Waals surface area contributed by atoms with E-state index in [0.29, 0.717) is 0 Å². The lowest BCUT2D eigenvalue weighted by molar-refractivity contribution is -0.0145. The summed E-state index contributed by atoms with van der Waals surface area (Å²) in [5, 5.41) is 2.25. The molecule has 1 aliphatic rings. The number of benzene rings is 1. The predicted octanol–water partition coefficient (Wildman–Crippen LogP) is 3.39. The van der Waals surface area contributed by atoms with Crippen LogP contribution in [0.4, 0.5) is 18.9 Å². The smallest absolute Gasteiger partial charge is 0.274 e. The van der Waals surface area contributed by atoms with Gasteiger partial charge in [-0.05, 0) is 52.6 Å². The first-order chi connectivity index (χ1) is 15.3. The molecule has 1 aromatic carbocycles. The summed E-state index contributed by atoms with van der Waals surface area (Å²) in [5.41, 5.74) is 0.850. The molecule has 0 saturated heterocycles. The van der Waals surface area contributed by atoms with E-state index in [1.54, 1.807) is 0 Å². The summed E-state index contributed by atoms with van der Waals surface area (Å²) in [6, 6.07) is 2.16. The molecule has 2 aromatic rings. The van der Waals surface area contributed by atoms with Gasteiger partial charge in [-0.2, -0.15) is 0 Å². The van der Waals surface area contributed by atoms with Crippen molar-refractivity contribution >= 4 is 33.4 Å². The Morgan fingerprint density at radius 2 is 2.32 bits per heavy atom. The Hall–Kier alpha value is -2.46. The van der Waals surface area contributed by atoms with Gasteiger partial charge in [-0.3, -0.25) is 9.79 Å². The minimum Gasteiger partial charge on any atom is -0.385 e. The van der Waals surface area contributed by atoms with E-state index in [0.717, 1.165) is 18.2 Å². The maximum Gasteiger partial charge on any atom is 0.274 e. The number of aliphatic imine (C=N–C) groups is 1. The first-order valence-electron chi connectivity index (χ1n) is 10.3. The van der Waals surface area contributed by atoms with E-state index in [9.17, 15) is 18.0 Å². The second kappa shape index (κ2) is 7.88. The summed E-state index contributed by atoms with van der Waals surface area (Å²) in [6.07, 6.45) is -3.76. The minimum absolute atomic E-state index is 0.185. The molecule has 0 saturated carbocycles. The number of hydrogen-bond acceptors (Lipinski definition) is 5. The Kier molecular flexibility index (Phi) is 4.09. The quantitative estimate of drug-likeness (QED) is 0.729. The molecule has 1 unspecified atom stereocenters. The highest BCUT2D eigenvalue weighted by Crippen LogP contribution is 2.38. The Morgan fingerprint density at radius 3 is 3.00 bits per heavy atom. The standard InChI is InChI=1S/C18H16BrF3N4O2/c1-9-4-10(19)6-24-15(9)16(27)25-11-2-3-13(20)12(5-11)18(17(21)22)8-28-7-14(23)26-18/h2-6,17H,7-8H2,1H3,(H2,23,26)(H,25,27)/i1D3,4D,6D. The number of halogens is 4. The van der Waals surface area contributed by atoms with Gasteiger partial charge in [0.2, 0.25) is 0 Å². The van der Waals surface area contributed by atoms with Gasteiger partial charge in [-0.1, -0.05) is 0 Å². The van der Waals surface area contributed by atoms with Gasteiger partial charge in [-0.25, -0.2) is 18.2 Å². The van der Waals surface area contributed by atoms with Gasteiger partial charge in [0.05, 0.1) is 9.35 Å². The van der Waals surface area contributed by atoms with Crippen LogP contribution in [0.5, 0.6) is 0 Å². The topological polar surface area (TPSA) is 89.6 Å². The van der Waals surface area contributed by atoms with E-state index >= 15 is 0 Å². The molecular formula is C18H16BrF3N4O2. The second-order valence-corrected chi connectivity index (χ2v) is 6.65. The number of amidine groups is 1. The summed E-state index contributed by atoms with van der Waals surface area (Å²) in [4.78, 5) is 20.2. The van der Waals surface area contributed by atoms with Crippen molar-refractivity contribution in [3.63, 3.8) is 0 Å². The van der Waals surface area contributed by atoms with Crippen LogP contribution in [0.1, 0.15) is 28.5 Å². The Morgan fingerprint density at radius 1 is 1.54 bits per heavy atom. The van der Waals surface area contributed by atoms with E-state index in [-0.39, 0.29) is 22.6 Å². The van der Waals surface area contributed by atoms with Gasteiger partial charge in [0.1, 0.15) is 24.0 Å². The largest absolute Gasteiger partial charge is 0.385 e. The molecule has 2 heterocycles. The summed E-state index contributed by atoms with van der Waals surface area (Å²) < 4.78 is 85.9. The van der Waals surface area contributed by atoms with Crippen LogP contribution in [0, 0.1) is 12.7 Å². The number of alkyl halides is 2. The average Bonchev–Trinajstić information content (AvgIpc) is 2.71. The van der Waals surface area contributed by atoms with Crippen molar-refractivity contribution in [2.75, 3.05) is 18.5 Å². The predicted molar refractivity (Wildman–Crippen MR) is 101 cm³/mol. The lowest BCUT2D eigenvalue weighted by Gasteiger charge is -2.33. The Bertz CT molecular complexity index is 1150. The fraction of sp³-hybridized carbons (Fsp3) is 0.278. The maximum absolute atomic E-state index is 14.6. The molecular weight excluding hydrogens is 441 g/mol. The second-order valence-electron chi connectivity index (χ2n) is 5.86. The molecule has 28 heavy (non-hydrogen) atoms. The van der Waals surface area contributed by atoms with Crippen LogP contribution in [0.15, 0.2) is 39.9 Å². The van der Waals surface area contributed by atoms with E-state index in [1.807, 2.05) is 0 Å². The van der Waals surface area contributed by atoms with E-state index in [2.05, 4.69) is 31.2 Å². The number of nitrogens with two attached hydrogens (primary N) is 1. The molecule has 0 radical (unpaired) electrons. The third kappa shape index (κ3) is 3.88. The molecule has 0 aliphatic carbocycles. The van der Waals surface area contributed by atoms with Gasteiger partial charge in [0.25, 0.3) is 12.3 Å². The SMILES string of the molecule is [2H]c1nc(C(=O)Nc2ccc(F)c(C3(C(F)F)COCC(N)=N3)c2)c(C([2H])([2H])[2H])c([2H])c1Br. The van der Waals surface area contributed by atoms with Gasteiger partial charge >= 0.3 is 0 Å². The van der Waals surface area contributed by atoms with Crippen molar-refractivity contribution < 1.29 is 29.6 Å². The maximum atomic E-state index is 14.6. The Balaban J connectivity index is 2.07. The molecule has 3 N–H and O–H groups in total. The van der Waals surface area contributed by atoms with Gasteiger partial charge in [-0.15, -0.1) is 0 Å². The van der Waals surface area contributed by atoms with Crippen LogP contribution in [0.2, 0.25) is 0 Å². The van der Waals surface area contributed by atoms with Crippen molar-refractivity contribution in [1.82, 2.24) is 4.98 Å². The molecule has 0 fully saturated rings. The highest BCUT2D eigenvalue weighted by Gasteiger charge is 2.46. The summed E-state index contributed by atoms with van der Waals surface area (Å²) in [5.74, 6) is -2.45. The fourth-order valence-corrected chi connectivity index (χ4v) is 2.93. The van der Waals surface area contributed by atoms with Crippen LogP contribution < -0.4 is 11.1 Å². The minimum atomic E-state index is -3.20. The highest BCUT2D eigenvalue weighted by atomic mass is 79.9. The number of carbonyl (C=O) groups excluding carboxylic acids is 1. The van der Waals surface area contributed by atoms with Crippen molar-refractivity contribution in [2.24, 2.45) is 10.7 Å². The number of hydrogen-bond donors (Lipinski definition) is 2. The van der Waals surface area contributed by atoms with E-state index < -0.39 is 66.2 Å². The number of anilines is 1. The number of ether oxygens (including phenoxy) is 1. The van der Waals surface area contributed by atoms with E-state index in [1.165, 1.54) is 0 Å². The number of rotatable bonds is 4. The molecule has 0 bridgehead atoms. The molecule has 3 rings (SSSR count). The zero-order valence-corrected chi connectivity index (χ0v) is 15.6. The molecule has 10 heteroatoms. The molecule has 6 nitrogen and oxygen atoms in total. The number of carbonyl (C=O) groups is 1.